The van der Waals surface area contributed by atoms with Gasteiger partial charge in [0.05, 0.1) is 5.75 Å². The molecule has 0 bridgehead atoms. The molecule has 1 aromatic heterocycles. The minimum atomic E-state index is -2.85. The van der Waals surface area contributed by atoms with Crippen molar-refractivity contribution in [2.45, 2.75) is 32.2 Å². The van der Waals surface area contributed by atoms with Crippen molar-refractivity contribution in [2.75, 3.05) is 12.8 Å². The zero-order valence-corrected chi connectivity index (χ0v) is 15.0. The van der Waals surface area contributed by atoms with Crippen LogP contribution in [0, 0.1) is 13.8 Å². The minimum Gasteiger partial charge on any atom is -0.435 e. The lowest BCUT2D eigenvalue weighted by Gasteiger charge is -2.17. The summed E-state index contributed by atoms with van der Waals surface area (Å²) in [4.78, 5) is 22.4. The number of halogens is 2. The van der Waals surface area contributed by atoms with Gasteiger partial charge in [-0.1, -0.05) is 23.9 Å². The first kappa shape index (κ1) is 19.1. The van der Waals surface area contributed by atoms with Gasteiger partial charge in [0.2, 0.25) is 5.91 Å². The second-order valence-electron chi connectivity index (χ2n) is 5.49. The van der Waals surface area contributed by atoms with Crippen molar-refractivity contribution >= 4 is 17.7 Å². The van der Waals surface area contributed by atoms with Crippen molar-refractivity contribution in [3.8, 4) is 5.75 Å². The molecular weight excluding hydrogens is 348 g/mol. The maximum absolute atomic E-state index is 12.2. The molecule has 8 heteroatoms. The second kappa shape index (κ2) is 8.75. The van der Waals surface area contributed by atoms with Crippen LogP contribution in [0.25, 0.3) is 0 Å². The van der Waals surface area contributed by atoms with Crippen LogP contribution in [0.1, 0.15) is 17.0 Å². The van der Waals surface area contributed by atoms with Crippen molar-refractivity contribution in [1.29, 1.82) is 0 Å². The van der Waals surface area contributed by atoms with E-state index in [1.54, 1.807) is 24.1 Å². The van der Waals surface area contributed by atoms with Gasteiger partial charge in [0, 0.05) is 25.0 Å². The van der Waals surface area contributed by atoms with E-state index in [4.69, 9.17) is 0 Å². The molecule has 0 saturated heterocycles. The Labute approximate surface area is 149 Å². The average molecular weight is 367 g/mol. The van der Waals surface area contributed by atoms with Crippen LogP contribution >= 0.6 is 11.8 Å². The average Bonchev–Trinajstić information content (AvgIpc) is 2.53. The van der Waals surface area contributed by atoms with E-state index in [2.05, 4.69) is 14.7 Å². The highest BCUT2D eigenvalue weighted by molar-refractivity contribution is 7.99. The highest BCUT2D eigenvalue weighted by atomic mass is 32.2. The Bertz CT molecular complexity index is 706. The van der Waals surface area contributed by atoms with Crippen molar-refractivity contribution in [2.24, 2.45) is 0 Å². The summed E-state index contributed by atoms with van der Waals surface area (Å²) in [5.74, 6) is 0.252. The molecule has 0 atom stereocenters. The maximum Gasteiger partial charge on any atom is 0.387 e. The molecule has 0 saturated carbocycles. The first-order chi connectivity index (χ1) is 11.8. The quantitative estimate of drug-likeness (QED) is 0.554. The Morgan fingerprint density at radius 1 is 1.20 bits per heavy atom. The van der Waals surface area contributed by atoms with Crippen LogP contribution in [0.3, 0.4) is 0 Å². The number of hydrogen-bond acceptors (Lipinski definition) is 5. The molecule has 1 aromatic carbocycles. The largest absolute Gasteiger partial charge is 0.435 e. The zero-order chi connectivity index (χ0) is 18.4. The number of aryl methyl sites for hydroxylation is 2. The lowest BCUT2D eigenvalue weighted by atomic mass is 10.2. The van der Waals surface area contributed by atoms with Gasteiger partial charge in [-0.15, -0.1) is 0 Å². The Kier molecular flexibility index (Phi) is 6.69. The summed E-state index contributed by atoms with van der Waals surface area (Å²) >= 11 is 1.29. The van der Waals surface area contributed by atoms with Crippen LogP contribution in [-0.4, -0.2) is 40.2 Å². The second-order valence-corrected chi connectivity index (χ2v) is 6.44. The summed E-state index contributed by atoms with van der Waals surface area (Å²) in [6.07, 6.45) is 0. The number of carbonyl (C=O) groups is 1. The molecule has 0 spiro atoms. The van der Waals surface area contributed by atoms with Crippen molar-refractivity contribution in [3.63, 3.8) is 0 Å². The first-order valence-electron chi connectivity index (χ1n) is 7.56. The number of alkyl halides is 2. The molecule has 0 aliphatic heterocycles. The fourth-order valence-electron chi connectivity index (χ4n) is 2.13. The number of amides is 1. The lowest BCUT2D eigenvalue weighted by Crippen LogP contribution is -2.27. The molecular formula is C17H19F2N3O2S. The predicted molar refractivity (Wildman–Crippen MR) is 91.8 cm³/mol. The Balaban J connectivity index is 1.87. The topological polar surface area (TPSA) is 55.3 Å². The third-order valence-corrected chi connectivity index (χ3v) is 4.11. The molecule has 0 aliphatic rings. The van der Waals surface area contributed by atoms with Gasteiger partial charge in [-0.05, 0) is 37.6 Å². The molecule has 0 N–H and O–H groups in total. The molecule has 2 rings (SSSR count). The van der Waals surface area contributed by atoms with Crippen LogP contribution in [0.4, 0.5) is 8.78 Å². The first-order valence-corrected chi connectivity index (χ1v) is 8.55. The van der Waals surface area contributed by atoms with Gasteiger partial charge in [-0.25, -0.2) is 9.97 Å². The van der Waals surface area contributed by atoms with Gasteiger partial charge >= 0.3 is 6.61 Å². The van der Waals surface area contributed by atoms with Gasteiger partial charge in [0.1, 0.15) is 5.75 Å². The molecule has 0 radical (unpaired) electrons. The van der Waals surface area contributed by atoms with E-state index >= 15 is 0 Å². The van der Waals surface area contributed by atoms with Crippen LogP contribution in [0.15, 0.2) is 35.5 Å². The van der Waals surface area contributed by atoms with Crippen LogP contribution in [0.5, 0.6) is 5.75 Å². The third kappa shape index (κ3) is 6.30. The van der Waals surface area contributed by atoms with Gasteiger partial charge in [-0.3, -0.25) is 4.79 Å². The molecule has 2 aromatic rings. The molecule has 0 unspecified atom stereocenters. The smallest absolute Gasteiger partial charge is 0.387 e. The van der Waals surface area contributed by atoms with Gasteiger partial charge in [0.15, 0.2) is 5.16 Å². The number of rotatable bonds is 7. The van der Waals surface area contributed by atoms with Crippen LogP contribution in [0.2, 0.25) is 0 Å². The molecule has 0 aliphatic carbocycles. The molecule has 1 heterocycles. The highest BCUT2D eigenvalue weighted by Crippen LogP contribution is 2.17. The summed E-state index contributed by atoms with van der Waals surface area (Å²) in [5, 5.41) is 0.577. The summed E-state index contributed by atoms with van der Waals surface area (Å²) < 4.78 is 28.5. The normalized spacial score (nSPS) is 10.8. The van der Waals surface area contributed by atoms with Gasteiger partial charge in [-0.2, -0.15) is 8.78 Å². The standard InChI is InChI=1S/C17H19F2N3O2S/c1-11-8-12(2)21-17(20-11)25-10-15(23)22(3)9-13-4-6-14(7-5-13)24-16(18)19/h4-8,16H,9-10H2,1-3H3. The molecule has 25 heavy (non-hydrogen) atoms. The third-order valence-electron chi connectivity index (χ3n) is 3.28. The van der Waals surface area contributed by atoms with E-state index in [1.165, 1.54) is 23.9 Å². The van der Waals surface area contributed by atoms with Crippen molar-refractivity contribution in [3.05, 3.63) is 47.3 Å². The summed E-state index contributed by atoms with van der Waals surface area (Å²) in [6, 6.07) is 8.10. The fourth-order valence-corrected chi connectivity index (χ4v) is 3.02. The SMILES string of the molecule is Cc1cc(C)nc(SCC(=O)N(C)Cc2ccc(OC(F)F)cc2)n1. The maximum atomic E-state index is 12.2. The van der Waals surface area contributed by atoms with E-state index in [9.17, 15) is 13.6 Å². The Morgan fingerprint density at radius 3 is 2.36 bits per heavy atom. The molecule has 5 nitrogen and oxygen atoms in total. The Hall–Kier alpha value is -2.22. The van der Waals surface area contributed by atoms with Crippen molar-refractivity contribution in [1.82, 2.24) is 14.9 Å². The summed E-state index contributed by atoms with van der Waals surface area (Å²) in [7, 11) is 1.69. The van der Waals surface area contributed by atoms with Gasteiger partial charge < -0.3 is 9.64 Å². The number of ether oxygens (including phenoxy) is 1. The molecule has 1 amide bonds. The monoisotopic (exact) mass is 367 g/mol. The summed E-state index contributed by atoms with van der Waals surface area (Å²) in [5.41, 5.74) is 2.55. The van der Waals surface area contributed by atoms with Crippen LogP contribution < -0.4 is 4.74 Å². The minimum absolute atomic E-state index is 0.0688. The molecule has 0 fully saturated rings. The van der Waals surface area contributed by atoms with E-state index in [0.29, 0.717) is 11.7 Å². The highest BCUT2D eigenvalue weighted by Gasteiger charge is 2.12. The van der Waals surface area contributed by atoms with Crippen LogP contribution in [-0.2, 0) is 11.3 Å². The number of thioether (sulfide) groups is 1. The number of benzene rings is 1. The Morgan fingerprint density at radius 2 is 1.80 bits per heavy atom. The number of carbonyl (C=O) groups excluding carboxylic acids is 1. The molecule has 134 valence electrons. The lowest BCUT2D eigenvalue weighted by molar-refractivity contribution is -0.127. The fraction of sp³-hybridized carbons (Fsp3) is 0.353. The van der Waals surface area contributed by atoms with E-state index in [0.717, 1.165) is 17.0 Å². The predicted octanol–water partition coefficient (Wildman–Crippen LogP) is 3.45. The van der Waals surface area contributed by atoms with E-state index < -0.39 is 6.61 Å². The van der Waals surface area contributed by atoms with E-state index in [1.807, 2.05) is 19.9 Å². The van der Waals surface area contributed by atoms with Gasteiger partial charge in [0.25, 0.3) is 0 Å². The van der Waals surface area contributed by atoms with Crippen molar-refractivity contribution < 1.29 is 18.3 Å². The zero-order valence-electron chi connectivity index (χ0n) is 14.2. The summed E-state index contributed by atoms with van der Waals surface area (Å²) in [6.45, 7) is 1.30. The number of hydrogen-bond donors (Lipinski definition) is 0. The number of nitrogens with zero attached hydrogens (tertiary/aromatic N) is 3. The van der Waals surface area contributed by atoms with E-state index in [-0.39, 0.29) is 17.4 Å². The number of aromatic nitrogens is 2.